The molecule has 0 saturated carbocycles. The molecular weight excluding hydrogens is 333 g/mol. The largest absolute Gasteiger partial charge is 0.376 e. The van der Waals surface area contributed by atoms with Gasteiger partial charge in [-0.3, -0.25) is 9.48 Å². The lowest BCUT2D eigenvalue weighted by Crippen LogP contribution is -2.39. The molecule has 0 radical (unpaired) electrons. The van der Waals surface area contributed by atoms with Crippen LogP contribution < -0.4 is 0 Å². The first-order valence-electron chi connectivity index (χ1n) is 9.26. The summed E-state index contributed by atoms with van der Waals surface area (Å²) in [7, 11) is 2.01. The zero-order valence-corrected chi connectivity index (χ0v) is 15.1. The summed E-state index contributed by atoms with van der Waals surface area (Å²) in [5.41, 5.74) is 4.42. The Labute approximate surface area is 152 Å². The minimum atomic E-state index is -0.295. The molecule has 3 heterocycles. The van der Waals surface area contributed by atoms with Crippen LogP contribution in [0.15, 0.2) is 24.3 Å². The lowest BCUT2D eigenvalue weighted by molar-refractivity contribution is -0.131. The van der Waals surface area contributed by atoms with Crippen molar-refractivity contribution in [2.45, 2.75) is 38.2 Å². The molecule has 26 heavy (non-hydrogen) atoms. The standard InChI is InChI=1S/C20H24FN3O2/c1-23-18-7-10-26-13-17(18)20(22-23)15-5-8-24(9-6-15)19(25)12-14-3-2-4-16(21)11-14/h2-4,11,15H,5-10,12-13H2,1H3. The van der Waals surface area contributed by atoms with E-state index in [2.05, 4.69) is 0 Å². The zero-order valence-electron chi connectivity index (χ0n) is 15.1. The number of hydrogen-bond acceptors (Lipinski definition) is 3. The SMILES string of the molecule is Cn1nc(C2CCN(C(=O)Cc3cccc(F)c3)CC2)c2c1CCOC2. The Morgan fingerprint density at radius 3 is 2.92 bits per heavy atom. The monoisotopic (exact) mass is 357 g/mol. The van der Waals surface area contributed by atoms with Gasteiger partial charge in [-0.1, -0.05) is 12.1 Å². The summed E-state index contributed by atoms with van der Waals surface area (Å²) in [4.78, 5) is 14.4. The molecule has 2 aromatic rings. The Bertz CT molecular complexity index is 809. The molecule has 5 nitrogen and oxygen atoms in total. The highest BCUT2D eigenvalue weighted by atomic mass is 19.1. The van der Waals surface area contributed by atoms with Crippen LogP contribution in [-0.4, -0.2) is 40.3 Å². The van der Waals surface area contributed by atoms with Crippen LogP contribution in [0.1, 0.15) is 41.3 Å². The third-order valence-corrected chi connectivity index (χ3v) is 5.51. The molecule has 1 amide bonds. The first-order valence-corrected chi connectivity index (χ1v) is 9.26. The van der Waals surface area contributed by atoms with Crippen LogP contribution in [0.2, 0.25) is 0 Å². The highest BCUT2D eigenvalue weighted by Crippen LogP contribution is 2.33. The third kappa shape index (κ3) is 3.38. The van der Waals surface area contributed by atoms with E-state index in [0.717, 1.165) is 50.2 Å². The maximum absolute atomic E-state index is 13.3. The van der Waals surface area contributed by atoms with Gasteiger partial charge in [0.1, 0.15) is 5.82 Å². The molecule has 0 aliphatic carbocycles. The minimum Gasteiger partial charge on any atom is -0.376 e. The van der Waals surface area contributed by atoms with Gasteiger partial charge in [-0.25, -0.2) is 4.39 Å². The van der Waals surface area contributed by atoms with Crippen molar-refractivity contribution in [3.05, 3.63) is 52.6 Å². The molecule has 2 aliphatic heterocycles. The van der Waals surface area contributed by atoms with E-state index in [4.69, 9.17) is 9.84 Å². The number of rotatable bonds is 3. The number of benzene rings is 1. The molecule has 0 atom stereocenters. The highest BCUT2D eigenvalue weighted by Gasteiger charge is 2.29. The second-order valence-corrected chi connectivity index (χ2v) is 7.20. The van der Waals surface area contributed by atoms with Crippen molar-refractivity contribution in [3.63, 3.8) is 0 Å². The van der Waals surface area contributed by atoms with E-state index >= 15 is 0 Å². The van der Waals surface area contributed by atoms with Crippen molar-refractivity contribution in [3.8, 4) is 0 Å². The molecule has 2 aliphatic rings. The van der Waals surface area contributed by atoms with Crippen molar-refractivity contribution >= 4 is 5.91 Å². The van der Waals surface area contributed by atoms with Crippen molar-refractivity contribution in [1.29, 1.82) is 0 Å². The molecular formula is C20H24FN3O2. The maximum atomic E-state index is 13.3. The lowest BCUT2D eigenvalue weighted by Gasteiger charge is -2.32. The number of carbonyl (C=O) groups excluding carboxylic acids is 1. The van der Waals surface area contributed by atoms with E-state index in [0.29, 0.717) is 12.5 Å². The van der Waals surface area contributed by atoms with Crippen LogP contribution in [0.5, 0.6) is 0 Å². The van der Waals surface area contributed by atoms with Gasteiger partial charge in [0.05, 0.1) is 25.3 Å². The van der Waals surface area contributed by atoms with Gasteiger partial charge in [-0.15, -0.1) is 0 Å². The smallest absolute Gasteiger partial charge is 0.226 e. The van der Waals surface area contributed by atoms with Crippen LogP contribution in [0.4, 0.5) is 4.39 Å². The van der Waals surface area contributed by atoms with Gasteiger partial charge in [0.15, 0.2) is 0 Å². The highest BCUT2D eigenvalue weighted by molar-refractivity contribution is 5.78. The number of hydrogen-bond donors (Lipinski definition) is 0. The molecule has 4 rings (SSSR count). The van der Waals surface area contributed by atoms with Crippen LogP contribution >= 0.6 is 0 Å². The quantitative estimate of drug-likeness (QED) is 0.848. The number of nitrogens with zero attached hydrogens (tertiary/aromatic N) is 3. The van der Waals surface area contributed by atoms with Crippen molar-refractivity contribution in [1.82, 2.24) is 14.7 Å². The van der Waals surface area contributed by atoms with Gasteiger partial charge in [0.2, 0.25) is 5.91 Å². The number of halogens is 1. The fourth-order valence-corrected chi connectivity index (χ4v) is 4.10. The normalized spacial score (nSPS) is 18.0. The fraction of sp³-hybridized carbons (Fsp3) is 0.500. The molecule has 0 unspecified atom stereocenters. The van der Waals surface area contributed by atoms with E-state index in [1.54, 1.807) is 12.1 Å². The lowest BCUT2D eigenvalue weighted by atomic mass is 9.90. The Balaban J connectivity index is 1.39. The van der Waals surface area contributed by atoms with Crippen LogP contribution in [-0.2, 0) is 36.0 Å². The third-order valence-electron chi connectivity index (χ3n) is 5.51. The molecule has 1 saturated heterocycles. The molecule has 0 N–H and O–H groups in total. The topological polar surface area (TPSA) is 47.4 Å². The Morgan fingerprint density at radius 2 is 2.15 bits per heavy atom. The van der Waals surface area contributed by atoms with Gasteiger partial charge >= 0.3 is 0 Å². The Morgan fingerprint density at radius 1 is 1.35 bits per heavy atom. The van der Waals surface area contributed by atoms with E-state index in [-0.39, 0.29) is 18.1 Å². The predicted molar refractivity (Wildman–Crippen MR) is 95.2 cm³/mol. The van der Waals surface area contributed by atoms with Gasteiger partial charge in [0.25, 0.3) is 0 Å². The van der Waals surface area contributed by atoms with Crippen molar-refractivity contribution in [2.75, 3.05) is 19.7 Å². The Kier molecular flexibility index (Phi) is 4.76. The van der Waals surface area contributed by atoms with E-state index in [1.165, 1.54) is 23.4 Å². The summed E-state index contributed by atoms with van der Waals surface area (Å²) in [6.07, 6.45) is 3.01. The van der Waals surface area contributed by atoms with Gasteiger partial charge in [-0.05, 0) is 30.5 Å². The number of piperidine rings is 1. The molecule has 138 valence electrons. The number of amides is 1. The average molecular weight is 357 g/mol. The van der Waals surface area contributed by atoms with Crippen molar-refractivity contribution in [2.24, 2.45) is 7.05 Å². The summed E-state index contributed by atoms with van der Waals surface area (Å²) < 4.78 is 20.9. The molecule has 1 aromatic carbocycles. The van der Waals surface area contributed by atoms with Gasteiger partial charge in [-0.2, -0.15) is 5.10 Å². The summed E-state index contributed by atoms with van der Waals surface area (Å²) in [5.74, 6) is 0.154. The molecule has 0 bridgehead atoms. The van der Waals surface area contributed by atoms with E-state index in [9.17, 15) is 9.18 Å². The number of fused-ring (bicyclic) bond motifs is 1. The predicted octanol–water partition coefficient (Wildman–Crippen LogP) is 2.58. The zero-order chi connectivity index (χ0) is 18.1. The van der Waals surface area contributed by atoms with Crippen LogP contribution in [0.25, 0.3) is 0 Å². The minimum absolute atomic E-state index is 0.0698. The van der Waals surface area contributed by atoms with Gasteiger partial charge in [0, 0.05) is 43.7 Å². The molecule has 6 heteroatoms. The number of ether oxygens (including phenoxy) is 1. The number of carbonyl (C=O) groups is 1. The second-order valence-electron chi connectivity index (χ2n) is 7.20. The van der Waals surface area contributed by atoms with Gasteiger partial charge < -0.3 is 9.64 Å². The molecule has 1 aromatic heterocycles. The molecule has 0 spiro atoms. The second kappa shape index (κ2) is 7.19. The number of aryl methyl sites for hydroxylation is 1. The summed E-state index contributed by atoms with van der Waals surface area (Å²) in [5, 5.41) is 4.75. The fourth-order valence-electron chi connectivity index (χ4n) is 4.10. The summed E-state index contributed by atoms with van der Waals surface area (Å²) >= 11 is 0. The maximum Gasteiger partial charge on any atom is 0.226 e. The first kappa shape index (κ1) is 17.2. The van der Waals surface area contributed by atoms with Crippen LogP contribution in [0, 0.1) is 5.82 Å². The summed E-state index contributed by atoms with van der Waals surface area (Å²) in [6, 6.07) is 6.28. The first-order chi connectivity index (χ1) is 12.6. The van der Waals surface area contributed by atoms with E-state index < -0.39 is 0 Å². The molecule has 1 fully saturated rings. The Hall–Kier alpha value is -2.21. The number of aromatic nitrogens is 2. The average Bonchev–Trinajstić information content (AvgIpc) is 2.99. The van der Waals surface area contributed by atoms with Crippen molar-refractivity contribution < 1.29 is 13.9 Å². The van der Waals surface area contributed by atoms with Crippen LogP contribution in [0.3, 0.4) is 0 Å². The summed E-state index contributed by atoms with van der Waals surface area (Å²) in [6.45, 7) is 2.87. The van der Waals surface area contributed by atoms with E-state index in [1.807, 2.05) is 16.6 Å². The number of likely N-dealkylation sites (tertiary alicyclic amines) is 1.